The Labute approximate surface area is 133 Å². The number of carbonyl (C=O) groups is 2. The molecule has 0 aliphatic rings. The summed E-state index contributed by atoms with van der Waals surface area (Å²) in [5, 5.41) is 0. The van der Waals surface area contributed by atoms with E-state index >= 15 is 0 Å². The molecule has 0 unspecified atom stereocenters. The van der Waals surface area contributed by atoms with E-state index in [4.69, 9.17) is 0 Å². The summed E-state index contributed by atoms with van der Waals surface area (Å²) in [6.45, 7) is 0. The SMILES string of the molecule is CN(C)C=O.CN(C)C=O.[Cl-].[Cl-].[Cl-].[Cl-].[Sn+4]. The van der Waals surface area contributed by atoms with E-state index in [1.165, 1.54) is 9.80 Å². The van der Waals surface area contributed by atoms with Gasteiger partial charge in [0.05, 0.1) is 0 Å². The van der Waals surface area contributed by atoms with Crippen LogP contribution in [-0.2, 0) is 9.59 Å². The normalized spacial score (nSPS) is 4.53. The summed E-state index contributed by atoms with van der Waals surface area (Å²) in [6.07, 6.45) is 1.50. The predicted octanol–water partition coefficient (Wildman–Crippen LogP) is -13.0. The van der Waals surface area contributed by atoms with Gasteiger partial charge in [0.15, 0.2) is 0 Å². The van der Waals surface area contributed by atoms with Crippen molar-refractivity contribution in [1.29, 1.82) is 0 Å². The fraction of sp³-hybridized carbons (Fsp3) is 0.667. The molecule has 0 heterocycles. The molecular weight excluding hydrogens is 393 g/mol. The van der Waals surface area contributed by atoms with Crippen LogP contribution in [0.3, 0.4) is 0 Å². The Balaban J connectivity index is -0.0000000128. The van der Waals surface area contributed by atoms with Crippen molar-refractivity contribution in [3.05, 3.63) is 0 Å². The minimum absolute atomic E-state index is 0. The van der Waals surface area contributed by atoms with Gasteiger partial charge in [-0.1, -0.05) is 0 Å². The third-order valence-electron chi connectivity index (χ3n) is 0.422. The van der Waals surface area contributed by atoms with Gasteiger partial charge in [0, 0.05) is 28.2 Å². The Morgan fingerprint density at radius 2 is 0.733 bits per heavy atom. The summed E-state index contributed by atoms with van der Waals surface area (Å²) >= 11 is 0. The van der Waals surface area contributed by atoms with Crippen LogP contribution >= 0.6 is 0 Å². The maximum atomic E-state index is 9.43. The molecule has 0 atom stereocenters. The number of rotatable bonds is 2. The fourth-order valence-corrected chi connectivity index (χ4v) is 0. The molecule has 0 saturated carbocycles. The van der Waals surface area contributed by atoms with E-state index in [1.807, 2.05) is 0 Å². The Morgan fingerprint density at radius 3 is 0.733 bits per heavy atom. The molecule has 0 rings (SSSR count). The number of carbonyl (C=O) groups excluding carboxylic acids is 2. The average Bonchev–Trinajstić information content (AvgIpc) is 1.89. The van der Waals surface area contributed by atoms with Crippen LogP contribution < -0.4 is 49.6 Å². The molecule has 92 valence electrons. The molecule has 0 saturated heterocycles. The first-order chi connectivity index (χ1) is 4.54. The van der Waals surface area contributed by atoms with Gasteiger partial charge >= 0.3 is 23.9 Å². The van der Waals surface area contributed by atoms with Crippen LogP contribution in [0.2, 0.25) is 0 Å². The Bertz CT molecular complexity index is 97.1. The van der Waals surface area contributed by atoms with Gasteiger partial charge in [-0.3, -0.25) is 9.59 Å². The van der Waals surface area contributed by atoms with Crippen molar-refractivity contribution in [3.8, 4) is 0 Å². The quantitative estimate of drug-likeness (QED) is 0.338. The van der Waals surface area contributed by atoms with E-state index in [9.17, 15) is 9.59 Å². The third kappa shape index (κ3) is 103. The average molecular weight is 407 g/mol. The Kier molecular flexibility index (Phi) is 108. The van der Waals surface area contributed by atoms with E-state index < -0.39 is 0 Å². The van der Waals surface area contributed by atoms with Crippen LogP contribution in [0, 0.1) is 0 Å². The number of nitrogens with zero attached hydrogens (tertiary/aromatic N) is 2. The summed E-state index contributed by atoms with van der Waals surface area (Å²) < 4.78 is 0. The summed E-state index contributed by atoms with van der Waals surface area (Å²) in [4.78, 5) is 21.8. The Hall–Kier alpha value is 0.899. The Morgan fingerprint density at radius 1 is 0.667 bits per heavy atom. The maximum Gasteiger partial charge on any atom is 4.00 e. The summed E-state index contributed by atoms with van der Waals surface area (Å²) in [7, 11) is 6.75. The van der Waals surface area contributed by atoms with Crippen LogP contribution in [0.25, 0.3) is 0 Å². The van der Waals surface area contributed by atoms with Crippen molar-refractivity contribution in [2.45, 2.75) is 0 Å². The molecule has 0 spiro atoms. The van der Waals surface area contributed by atoms with E-state index in [2.05, 4.69) is 0 Å². The van der Waals surface area contributed by atoms with Crippen molar-refractivity contribution in [2.24, 2.45) is 0 Å². The van der Waals surface area contributed by atoms with Gasteiger partial charge < -0.3 is 59.4 Å². The number of hydrogen-bond donors (Lipinski definition) is 0. The summed E-state index contributed by atoms with van der Waals surface area (Å²) in [5.74, 6) is 0. The van der Waals surface area contributed by atoms with Gasteiger partial charge in [-0.25, -0.2) is 0 Å². The molecule has 0 aromatic heterocycles. The van der Waals surface area contributed by atoms with Crippen LogP contribution in [0.5, 0.6) is 0 Å². The van der Waals surface area contributed by atoms with Gasteiger partial charge in [-0.2, -0.15) is 0 Å². The molecule has 9 heteroatoms. The molecule has 0 aromatic rings. The maximum absolute atomic E-state index is 9.43. The zero-order valence-corrected chi connectivity index (χ0v) is 14.8. The first-order valence-corrected chi connectivity index (χ1v) is 2.78. The molecule has 0 bridgehead atoms. The smallest absolute Gasteiger partial charge is 1.00 e. The van der Waals surface area contributed by atoms with Crippen LogP contribution in [-0.4, -0.2) is 74.7 Å². The van der Waals surface area contributed by atoms with Gasteiger partial charge in [0.1, 0.15) is 0 Å². The molecule has 0 aliphatic heterocycles. The van der Waals surface area contributed by atoms with Crippen molar-refractivity contribution in [3.63, 3.8) is 0 Å². The van der Waals surface area contributed by atoms with Crippen LogP contribution in [0.1, 0.15) is 0 Å². The van der Waals surface area contributed by atoms with Gasteiger partial charge in [0.25, 0.3) is 0 Å². The second kappa shape index (κ2) is 36.3. The van der Waals surface area contributed by atoms with Gasteiger partial charge in [-0.15, -0.1) is 0 Å². The molecule has 0 aliphatic carbocycles. The second-order valence-electron chi connectivity index (χ2n) is 2.14. The molecule has 0 radical (unpaired) electrons. The van der Waals surface area contributed by atoms with Crippen molar-refractivity contribution >= 4 is 36.7 Å². The number of halogens is 4. The first-order valence-electron chi connectivity index (χ1n) is 2.78. The summed E-state index contributed by atoms with van der Waals surface area (Å²) in [6, 6.07) is 0. The number of amides is 2. The van der Waals surface area contributed by atoms with E-state index in [0.29, 0.717) is 0 Å². The molecule has 0 N–H and O–H groups in total. The van der Waals surface area contributed by atoms with E-state index in [1.54, 1.807) is 28.2 Å². The van der Waals surface area contributed by atoms with Crippen LogP contribution in [0.15, 0.2) is 0 Å². The standard InChI is InChI=1S/2C3H7NO.4ClH.Sn/c2*1-4(2)3-5;;;;;/h2*3H,1-2H3;4*1H;/q;;;;;;+4/p-4. The topological polar surface area (TPSA) is 40.6 Å². The number of hydrogen-bond acceptors (Lipinski definition) is 2. The third-order valence-corrected chi connectivity index (χ3v) is 0.422. The minimum Gasteiger partial charge on any atom is -1.00 e. The molecule has 2 amide bonds. The van der Waals surface area contributed by atoms with Gasteiger partial charge in [0.2, 0.25) is 12.8 Å². The predicted molar refractivity (Wildman–Crippen MR) is 45.3 cm³/mol. The van der Waals surface area contributed by atoms with E-state index in [-0.39, 0.29) is 73.5 Å². The minimum atomic E-state index is 0. The molecular formula is C6H14Cl4N2O2Sn. The second-order valence-corrected chi connectivity index (χ2v) is 2.14. The molecule has 4 nitrogen and oxygen atoms in total. The van der Waals surface area contributed by atoms with Gasteiger partial charge in [-0.05, 0) is 0 Å². The summed E-state index contributed by atoms with van der Waals surface area (Å²) in [5.41, 5.74) is 0. The largest absolute Gasteiger partial charge is 4.00 e. The molecule has 15 heavy (non-hydrogen) atoms. The fourth-order valence-electron chi connectivity index (χ4n) is 0. The zero-order chi connectivity index (χ0) is 8.57. The zero-order valence-electron chi connectivity index (χ0n) is 8.88. The molecule has 0 fully saturated rings. The monoisotopic (exact) mass is 406 g/mol. The van der Waals surface area contributed by atoms with E-state index in [0.717, 1.165) is 12.8 Å². The van der Waals surface area contributed by atoms with Crippen LogP contribution in [0.4, 0.5) is 0 Å². The van der Waals surface area contributed by atoms with Crippen molar-refractivity contribution in [2.75, 3.05) is 28.2 Å². The van der Waals surface area contributed by atoms with Crippen molar-refractivity contribution < 1.29 is 59.2 Å². The molecule has 0 aromatic carbocycles. The van der Waals surface area contributed by atoms with Crippen molar-refractivity contribution in [1.82, 2.24) is 9.80 Å². The first kappa shape index (κ1) is 44.6.